The Morgan fingerprint density at radius 2 is 1.83 bits per heavy atom. The number of nitrogens with one attached hydrogen (secondary N) is 1. The molecule has 4 heteroatoms. The quantitative estimate of drug-likeness (QED) is 0.918. The second-order valence-corrected chi connectivity index (χ2v) is 4.99. The normalized spacial score (nSPS) is 13.6. The van der Waals surface area contributed by atoms with Gasteiger partial charge in [-0.1, -0.05) is 6.07 Å². The van der Waals surface area contributed by atoms with E-state index in [-0.39, 0.29) is 0 Å². The van der Waals surface area contributed by atoms with Crippen molar-refractivity contribution < 1.29 is 9.47 Å². The molecule has 1 aliphatic heterocycles. The number of hydrogen-bond acceptors (Lipinski definition) is 4. The standard InChI is InChI=1S/C14H15NO2S/c1-2-13-14(17-5-4-16-13)7-11(1)8-15-9-12-3-6-18-10-12/h1-3,6-7,10,15H,4-5,8-9H2. The van der Waals surface area contributed by atoms with Crippen molar-refractivity contribution in [3.63, 3.8) is 0 Å². The highest BCUT2D eigenvalue weighted by molar-refractivity contribution is 7.07. The predicted molar refractivity (Wildman–Crippen MR) is 72.3 cm³/mol. The van der Waals surface area contributed by atoms with Gasteiger partial charge in [0, 0.05) is 13.1 Å². The van der Waals surface area contributed by atoms with Crippen LogP contribution < -0.4 is 14.8 Å². The molecule has 0 bridgehead atoms. The number of rotatable bonds is 4. The van der Waals surface area contributed by atoms with E-state index in [1.165, 1.54) is 11.1 Å². The van der Waals surface area contributed by atoms with Crippen molar-refractivity contribution in [3.8, 4) is 11.5 Å². The first-order chi connectivity index (χ1) is 8.92. The highest BCUT2D eigenvalue weighted by Crippen LogP contribution is 2.30. The number of benzene rings is 1. The van der Waals surface area contributed by atoms with Crippen LogP contribution in [0, 0.1) is 0 Å². The maximum atomic E-state index is 5.57. The monoisotopic (exact) mass is 261 g/mol. The lowest BCUT2D eigenvalue weighted by Crippen LogP contribution is -2.16. The van der Waals surface area contributed by atoms with Crippen LogP contribution in [0.4, 0.5) is 0 Å². The van der Waals surface area contributed by atoms with E-state index < -0.39 is 0 Å². The van der Waals surface area contributed by atoms with Crippen LogP contribution >= 0.6 is 11.3 Å². The van der Waals surface area contributed by atoms with Gasteiger partial charge in [-0.05, 0) is 40.1 Å². The summed E-state index contributed by atoms with van der Waals surface area (Å²) in [6, 6.07) is 8.25. The smallest absolute Gasteiger partial charge is 0.161 e. The largest absolute Gasteiger partial charge is 0.486 e. The molecule has 0 spiro atoms. The predicted octanol–water partition coefficient (Wildman–Crippen LogP) is 2.81. The van der Waals surface area contributed by atoms with Crippen LogP contribution in [0.15, 0.2) is 35.0 Å². The van der Waals surface area contributed by atoms with Crippen LogP contribution in [0.2, 0.25) is 0 Å². The van der Waals surface area contributed by atoms with Crippen molar-refractivity contribution in [3.05, 3.63) is 46.2 Å². The van der Waals surface area contributed by atoms with Crippen LogP contribution in [0.3, 0.4) is 0 Å². The number of fused-ring (bicyclic) bond motifs is 1. The first-order valence-corrected chi connectivity index (χ1v) is 6.96. The molecule has 2 aromatic rings. The molecular weight excluding hydrogens is 246 g/mol. The minimum atomic E-state index is 0.638. The third-order valence-electron chi connectivity index (χ3n) is 2.84. The second kappa shape index (κ2) is 5.42. The summed E-state index contributed by atoms with van der Waals surface area (Å²) in [6.07, 6.45) is 0. The van der Waals surface area contributed by atoms with E-state index in [0.29, 0.717) is 13.2 Å². The van der Waals surface area contributed by atoms with Crippen molar-refractivity contribution >= 4 is 11.3 Å². The summed E-state index contributed by atoms with van der Waals surface area (Å²) >= 11 is 1.73. The first kappa shape index (κ1) is 11.6. The fourth-order valence-electron chi connectivity index (χ4n) is 1.94. The summed E-state index contributed by atoms with van der Waals surface area (Å²) in [5.74, 6) is 1.71. The third kappa shape index (κ3) is 2.66. The van der Waals surface area contributed by atoms with Crippen molar-refractivity contribution in [1.29, 1.82) is 0 Å². The summed E-state index contributed by atoms with van der Waals surface area (Å²) < 4.78 is 11.1. The van der Waals surface area contributed by atoms with E-state index in [4.69, 9.17) is 9.47 Å². The van der Waals surface area contributed by atoms with E-state index in [9.17, 15) is 0 Å². The molecule has 1 aromatic carbocycles. The van der Waals surface area contributed by atoms with Crippen LogP contribution in [0.5, 0.6) is 11.5 Å². The van der Waals surface area contributed by atoms with E-state index in [1.54, 1.807) is 11.3 Å². The lowest BCUT2D eigenvalue weighted by atomic mass is 10.2. The van der Waals surface area contributed by atoms with Gasteiger partial charge in [0.15, 0.2) is 11.5 Å². The van der Waals surface area contributed by atoms with Crippen molar-refractivity contribution in [2.75, 3.05) is 13.2 Å². The van der Waals surface area contributed by atoms with Crippen molar-refractivity contribution in [2.24, 2.45) is 0 Å². The Hall–Kier alpha value is -1.52. The first-order valence-electron chi connectivity index (χ1n) is 6.02. The second-order valence-electron chi connectivity index (χ2n) is 4.21. The average Bonchev–Trinajstić information content (AvgIpc) is 2.92. The fraction of sp³-hybridized carbons (Fsp3) is 0.286. The molecular formula is C14H15NO2S. The summed E-state index contributed by atoms with van der Waals surface area (Å²) in [6.45, 7) is 3.02. The van der Waals surface area contributed by atoms with E-state index in [2.05, 4.69) is 34.3 Å². The van der Waals surface area contributed by atoms with Crippen LogP contribution in [-0.4, -0.2) is 13.2 Å². The maximum absolute atomic E-state index is 5.57. The Morgan fingerprint density at radius 3 is 2.67 bits per heavy atom. The molecule has 0 fully saturated rings. The van der Waals surface area contributed by atoms with E-state index in [1.807, 2.05) is 6.07 Å². The Morgan fingerprint density at radius 1 is 1.00 bits per heavy atom. The Labute approximate surface area is 110 Å². The zero-order chi connectivity index (χ0) is 12.2. The molecule has 1 aromatic heterocycles. The zero-order valence-electron chi connectivity index (χ0n) is 10.0. The molecule has 0 amide bonds. The summed E-state index contributed by atoms with van der Waals surface area (Å²) in [5, 5.41) is 7.68. The van der Waals surface area contributed by atoms with Gasteiger partial charge < -0.3 is 14.8 Å². The summed E-state index contributed by atoms with van der Waals surface area (Å²) in [7, 11) is 0. The molecule has 0 saturated heterocycles. The highest BCUT2D eigenvalue weighted by Gasteiger charge is 2.11. The van der Waals surface area contributed by atoms with Gasteiger partial charge in [0.1, 0.15) is 13.2 Å². The molecule has 0 atom stereocenters. The van der Waals surface area contributed by atoms with Gasteiger partial charge in [-0.2, -0.15) is 11.3 Å². The fourth-order valence-corrected chi connectivity index (χ4v) is 2.61. The lowest BCUT2D eigenvalue weighted by molar-refractivity contribution is 0.171. The molecule has 0 radical (unpaired) electrons. The van der Waals surface area contributed by atoms with E-state index in [0.717, 1.165) is 24.6 Å². The molecule has 94 valence electrons. The molecule has 18 heavy (non-hydrogen) atoms. The number of hydrogen-bond donors (Lipinski definition) is 1. The lowest BCUT2D eigenvalue weighted by Gasteiger charge is -2.18. The van der Waals surface area contributed by atoms with Gasteiger partial charge in [-0.25, -0.2) is 0 Å². The minimum absolute atomic E-state index is 0.638. The zero-order valence-corrected chi connectivity index (χ0v) is 10.8. The van der Waals surface area contributed by atoms with Crippen molar-refractivity contribution in [1.82, 2.24) is 5.32 Å². The van der Waals surface area contributed by atoms with Gasteiger partial charge in [-0.15, -0.1) is 0 Å². The molecule has 2 heterocycles. The van der Waals surface area contributed by atoms with Gasteiger partial charge in [0.25, 0.3) is 0 Å². The van der Waals surface area contributed by atoms with Crippen LogP contribution in [0.25, 0.3) is 0 Å². The van der Waals surface area contributed by atoms with Crippen LogP contribution in [0.1, 0.15) is 11.1 Å². The van der Waals surface area contributed by atoms with E-state index >= 15 is 0 Å². The number of ether oxygens (including phenoxy) is 2. The molecule has 1 aliphatic rings. The molecule has 3 rings (SSSR count). The molecule has 0 unspecified atom stereocenters. The molecule has 3 nitrogen and oxygen atoms in total. The van der Waals surface area contributed by atoms with Gasteiger partial charge >= 0.3 is 0 Å². The molecule has 0 aliphatic carbocycles. The molecule has 0 saturated carbocycles. The Balaban J connectivity index is 1.59. The Kier molecular flexibility index (Phi) is 3.48. The Bertz CT molecular complexity index is 511. The average molecular weight is 261 g/mol. The summed E-state index contributed by atoms with van der Waals surface area (Å²) in [5.41, 5.74) is 2.55. The highest BCUT2D eigenvalue weighted by atomic mass is 32.1. The maximum Gasteiger partial charge on any atom is 0.161 e. The summed E-state index contributed by atoms with van der Waals surface area (Å²) in [4.78, 5) is 0. The van der Waals surface area contributed by atoms with Gasteiger partial charge in [-0.3, -0.25) is 0 Å². The van der Waals surface area contributed by atoms with Gasteiger partial charge in [0.05, 0.1) is 0 Å². The molecule has 1 N–H and O–H groups in total. The SMILES string of the molecule is c1cc(CNCc2ccc3c(c2)OCCO3)cs1. The topological polar surface area (TPSA) is 30.5 Å². The van der Waals surface area contributed by atoms with Crippen molar-refractivity contribution in [2.45, 2.75) is 13.1 Å². The number of thiophene rings is 1. The minimum Gasteiger partial charge on any atom is -0.486 e. The third-order valence-corrected chi connectivity index (χ3v) is 3.58. The van der Waals surface area contributed by atoms with Crippen LogP contribution in [-0.2, 0) is 13.1 Å². The van der Waals surface area contributed by atoms with Gasteiger partial charge in [0.2, 0.25) is 0 Å².